The van der Waals surface area contributed by atoms with Gasteiger partial charge in [0.25, 0.3) is 0 Å². The molecule has 0 bridgehead atoms. The van der Waals surface area contributed by atoms with Gasteiger partial charge in [0.1, 0.15) is 0 Å². The first-order valence-corrected chi connectivity index (χ1v) is 5.22. The van der Waals surface area contributed by atoms with Gasteiger partial charge in [-0.2, -0.15) is 0 Å². The van der Waals surface area contributed by atoms with E-state index in [1.807, 2.05) is 20.9 Å². The van der Waals surface area contributed by atoms with Gasteiger partial charge in [0.15, 0.2) is 0 Å². The van der Waals surface area contributed by atoms with E-state index in [9.17, 15) is 9.90 Å². The molecule has 0 aromatic heterocycles. The molecule has 0 aliphatic heterocycles. The number of carbonyl (C=O) groups is 1. The zero-order valence-electron chi connectivity index (χ0n) is 9.34. The monoisotopic (exact) mass is 202 g/mol. The number of nitrogens with one attached hydrogen (secondary N) is 2. The average molecular weight is 202 g/mol. The molecule has 0 radical (unpaired) electrons. The molecule has 0 aromatic carbocycles. The van der Waals surface area contributed by atoms with E-state index in [0.717, 1.165) is 6.42 Å². The number of hydrogen-bond donors (Lipinski definition) is 3. The third-order valence-corrected chi connectivity index (χ3v) is 2.21. The van der Waals surface area contributed by atoms with Crippen molar-refractivity contribution in [2.45, 2.75) is 32.8 Å². The number of amides is 1. The Morgan fingerprint density at radius 3 is 2.64 bits per heavy atom. The Kier molecular flexibility index (Phi) is 7.42. The zero-order chi connectivity index (χ0) is 11.0. The van der Waals surface area contributed by atoms with Crippen LogP contribution in [0.3, 0.4) is 0 Å². The van der Waals surface area contributed by atoms with Crippen molar-refractivity contribution < 1.29 is 9.90 Å². The van der Waals surface area contributed by atoms with Crippen molar-refractivity contribution >= 4 is 5.91 Å². The summed E-state index contributed by atoms with van der Waals surface area (Å²) in [7, 11) is 1.82. The molecule has 0 aliphatic carbocycles. The Morgan fingerprint density at radius 2 is 2.14 bits per heavy atom. The van der Waals surface area contributed by atoms with Crippen molar-refractivity contribution in [2.75, 3.05) is 20.1 Å². The molecule has 3 N–H and O–H groups in total. The highest BCUT2D eigenvalue weighted by molar-refractivity contribution is 5.78. The molecule has 84 valence electrons. The maximum atomic E-state index is 11.4. The van der Waals surface area contributed by atoms with Gasteiger partial charge < -0.3 is 15.7 Å². The van der Waals surface area contributed by atoms with Crippen LogP contribution in [0.15, 0.2) is 0 Å². The minimum Gasteiger partial charge on any atom is -0.393 e. The minimum atomic E-state index is -0.296. The second-order valence-electron chi connectivity index (χ2n) is 3.60. The van der Waals surface area contributed by atoms with Crippen LogP contribution in [0.25, 0.3) is 0 Å². The Morgan fingerprint density at radius 1 is 1.50 bits per heavy atom. The second kappa shape index (κ2) is 7.76. The fourth-order valence-corrected chi connectivity index (χ4v) is 1.14. The van der Waals surface area contributed by atoms with Gasteiger partial charge in [-0.1, -0.05) is 13.8 Å². The molecule has 0 aliphatic rings. The highest BCUT2D eigenvalue weighted by Gasteiger charge is 2.11. The van der Waals surface area contributed by atoms with Crippen LogP contribution in [-0.2, 0) is 4.79 Å². The molecule has 2 atom stereocenters. The largest absolute Gasteiger partial charge is 0.393 e. The summed E-state index contributed by atoms with van der Waals surface area (Å²) < 4.78 is 0. The standard InChI is InChI=1S/C10H22N2O2/c1-4-9(13)5-6-12-10(14)8(2)7-11-3/h8-9,11,13H,4-7H2,1-3H3,(H,12,14). The smallest absolute Gasteiger partial charge is 0.224 e. The number of aliphatic hydroxyl groups is 1. The molecule has 4 heteroatoms. The van der Waals surface area contributed by atoms with Gasteiger partial charge in [0.2, 0.25) is 5.91 Å². The predicted molar refractivity (Wildman–Crippen MR) is 57.0 cm³/mol. The van der Waals surface area contributed by atoms with E-state index in [4.69, 9.17) is 0 Å². The van der Waals surface area contributed by atoms with Crippen molar-refractivity contribution in [2.24, 2.45) is 5.92 Å². The van der Waals surface area contributed by atoms with E-state index in [1.165, 1.54) is 0 Å². The summed E-state index contributed by atoms with van der Waals surface area (Å²) in [5.74, 6) is 0.0291. The van der Waals surface area contributed by atoms with Gasteiger partial charge in [0, 0.05) is 19.0 Å². The first kappa shape index (κ1) is 13.4. The van der Waals surface area contributed by atoms with Gasteiger partial charge in [-0.25, -0.2) is 0 Å². The number of carbonyl (C=O) groups excluding carboxylic acids is 1. The summed E-state index contributed by atoms with van der Waals surface area (Å²) >= 11 is 0. The van der Waals surface area contributed by atoms with Crippen LogP contribution in [0.1, 0.15) is 26.7 Å². The average Bonchev–Trinajstić information content (AvgIpc) is 2.17. The van der Waals surface area contributed by atoms with E-state index in [-0.39, 0.29) is 17.9 Å². The van der Waals surface area contributed by atoms with E-state index >= 15 is 0 Å². The van der Waals surface area contributed by atoms with Gasteiger partial charge in [0.05, 0.1) is 6.10 Å². The van der Waals surface area contributed by atoms with E-state index in [2.05, 4.69) is 10.6 Å². The lowest BCUT2D eigenvalue weighted by Gasteiger charge is -2.12. The normalized spacial score (nSPS) is 14.9. The molecular formula is C10H22N2O2. The summed E-state index contributed by atoms with van der Waals surface area (Å²) in [5.41, 5.74) is 0. The molecule has 14 heavy (non-hydrogen) atoms. The molecule has 0 saturated heterocycles. The molecule has 0 rings (SSSR count). The summed E-state index contributed by atoms with van der Waals surface area (Å²) in [5, 5.41) is 15.0. The Bertz CT molecular complexity index is 162. The van der Waals surface area contributed by atoms with Gasteiger partial charge in [-0.15, -0.1) is 0 Å². The van der Waals surface area contributed by atoms with Gasteiger partial charge in [-0.3, -0.25) is 4.79 Å². The molecule has 0 heterocycles. The summed E-state index contributed by atoms with van der Waals surface area (Å²) in [6.45, 7) is 5.04. The summed E-state index contributed by atoms with van der Waals surface area (Å²) in [4.78, 5) is 11.4. The Hall–Kier alpha value is -0.610. The van der Waals surface area contributed by atoms with Crippen LogP contribution < -0.4 is 10.6 Å². The summed E-state index contributed by atoms with van der Waals surface area (Å²) in [6, 6.07) is 0. The van der Waals surface area contributed by atoms with Crippen LogP contribution in [0.4, 0.5) is 0 Å². The number of rotatable bonds is 7. The van der Waals surface area contributed by atoms with E-state index in [1.54, 1.807) is 0 Å². The highest BCUT2D eigenvalue weighted by atomic mass is 16.3. The van der Waals surface area contributed by atoms with Crippen LogP contribution in [0.5, 0.6) is 0 Å². The maximum absolute atomic E-state index is 11.4. The summed E-state index contributed by atoms with van der Waals surface area (Å²) in [6.07, 6.45) is 1.08. The van der Waals surface area contributed by atoms with Crippen molar-refractivity contribution in [1.82, 2.24) is 10.6 Å². The fourth-order valence-electron chi connectivity index (χ4n) is 1.14. The van der Waals surface area contributed by atoms with E-state index in [0.29, 0.717) is 19.5 Å². The van der Waals surface area contributed by atoms with Crippen molar-refractivity contribution in [3.05, 3.63) is 0 Å². The Balaban J connectivity index is 3.53. The molecule has 0 aromatic rings. The molecule has 0 fully saturated rings. The van der Waals surface area contributed by atoms with Crippen molar-refractivity contribution in [1.29, 1.82) is 0 Å². The molecule has 0 spiro atoms. The van der Waals surface area contributed by atoms with Crippen LogP contribution in [-0.4, -0.2) is 37.3 Å². The van der Waals surface area contributed by atoms with Crippen molar-refractivity contribution in [3.8, 4) is 0 Å². The third kappa shape index (κ3) is 5.94. The van der Waals surface area contributed by atoms with E-state index < -0.39 is 0 Å². The third-order valence-electron chi connectivity index (χ3n) is 2.21. The van der Waals surface area contributed by atoms with Gasteiger partial charge in [-0.05, 0) is 19.9 Å². The first-order valence-electron chi connectivity index (χ1n) is 5.22. The lowest BCUT2D eigenvalue weighted by atomic mass is 10.1. The minimum absolute atomic E-state index is 0.0150. The molecule has 0 saturated carbocycles. The number of hydrogen-bond acceptors (Lipinski definition) is 3. The Labute approximate surface area is 86.1 Å². The fraction of sp³-hybridized carbons (Fsp3) is 0.900. The van der Waals surface area contributed by atoms with Gasteiger partial charge >= 0.3 is 0 Å². The lowest BCUT2D eigenvalue weighted by molar-refractivity contribution is -0.124. The zero-order valence-corrected chi connectivity index (χ0v) is 9.34. The molecule has 4 nitrogen and oxygen atoms in total. The lowest BCUT2D eigenvalue weighted by Crippen LogP contribution is -2.35. The van der Waals surface area contributed by atoms with Crippen LogP contribution in [0.2, 0.25) is 0 Å². The first-order chi connectivity index (χ1) is 6.61. The second-order valence-corrected chi connectivity index (χ2v) is 3.60. The predicted octanol–water partition coefficient (Wildman–Crippen LogP) is 0.119. The molecular weight excluding hydrogens is 180 g/mol. The van der Waals surface area contributed by atoms with Crippen LogP contribution in [0, 0.1) is 5.92 Å². The quantitative estimate of drug-likeness (QED) is 0.549. The molecule has 2 unspecified atom stereocenters. The number of aliphatic hydroxyl groups excluding tert-OH is 1. The highest BCUT2D eigenvalue weighted by Crippen LogP contribution is 1.96. The topological polar surface area (TPSA) is 61.4 Å². The maximum Gasteiger partial charge on any atom is 0.224 e. The van der Waals surface area contributed by atoms with Crippen LogP contribution >= 0.6 is 0 Å². The van der Waals surface area contributed by atoms with Crippen molar-refractivity contribution in [3.63, 3.8) is 0 Å². The SMILES string of the molecule is CCC(O)CCNC(=O)C(C)CNC. The molecule has 1 amide bonds.